The Morgan fingerprint density at radius 1 is 1.06 bits per heavy atom. The Kier molecular flexibility index (Phi) is 6.58. The minimum Gasteiger partial charge on any atom is -0.494 e. The number of nitrogens with zero attached hydrogens (tertiary/aromatic N) is 1. The van der Waals surface area contributed by atoms with Gasteiger partial charge in [-0.3, -0.25) is 25.0 Å². The van der Waals surface area contributed by atoms with Crippen LogP contribution in [0, 0.1) is 10.1 Å². The molecule has 0 aliphatic heterocycles. The van der Waals surface area contributed by atoms with Gasteiger partial charge in [0.15, 0.2) is 10.9 Å². The Hall–Kier alpha value is -4.25. The van der Waals surface area contributed by atoms with Gasteiger partial charge in [0.2, 0.25) is 0 Å². The van der Waals surface area contributed by atoms with E-state index in [9.17, 15) is 19.7 Å². The summed E-state index contributed by atoms with van der Waals surface area (Å²) in [6.07, 6.45) is 1.39. The van der Waals surface area contributed by atoms with E-state index in [2.05, 4.69) is 16.0 Å². The number of non-ortho nitro benzene ring substituents is 1. The van der Waals surface area contributed by atoms with Crippen molar-refractivity contribution in [1.82, 2.24) is 5.32 Å². The zero-order valence-electron chi connectivity index (χ0n) is 16.1. The molecule has 0 radical (unpaired) electrons. The van der Waals surface area contributed by atoms with Gasteiger partial charge in [-0.1, -0.05) is 0 Å². The lowest BCUT2D eigenvalue weighted by atomic mass is 10.2. The van der Waals surface area contributed by atoms with Crippen molar-refractivity contribution in [2.45, 2.75) is 0 Å². The van der Waals surface area contributed by atoms with E-state index in [0.717, 1.165) is 0 Å². The second kappa shape index (κ2) is 9.50. The van der Waals surface area contributed by atoms with Crippen molar-refractivity contribution in [2.24, 2.45) is 0 Å². The second-order valence-corrected chi connectivity index (χ2v) is 6.47. The predicted molar refractivity (Wildman–Crippen MR) is 116 cm³/mol. The summed E-state index contributed by atoms with van der Waals surface area (Å²) >= 11 is 5.14. The van der Waals surface area contributed by atoms with Crippen LogP contribution < -0.4 is 20.7 Å². The van der Waals surface area contributed by atoms with Gasteiger partial charge in [0.25, 0.3) is 17.5 Å². The van der Waals surface area contributed by atoms with Crippen molar-refractivity contribution >= 4 is 46.2 Å². The maximum Gasteiger partial charge on any atom is 0.291 e. The first-order chi connectivity index (χ1) is 14.9. The van der Waals surface area contributed by atoms with Crippen LogP contribution in [-0.4, -0.2) is 29.0 Å². The lowest BCUT2D eigenvalue weighted by Gasteiger charge is -2.13. The van der Waals surface area contributed by atoms with Crippen LogP contribution in [0.2, 0.25) is 0 Å². The van der Waals surface area contributed by atoms with Crippen LogP contribution >= 0.6 is 12.2 Å². The number of thiocarbonyl (C=S) groups is 1. The van der Waals surface area contributed by atoms with E-state index in [-0.39, 0.29) is 22.1 Å². The van der Waals surface area contributed by atoms with Crippen LogP contribution in [0.15, 0.2) is 65.3 Å². The Morgan fingerprint density at radius 3 is 2.42 bits per heavy atom. The van der Waals surface area contributed by atoms with Crippen molar-refractivity contribution in [1.29, 1.82) is 0 Å². The molecule has 11 heteroatoms. The van der Waals surface area contributed by atoms with Crippen LogP contribution in [0.3, 0.4) is 0 Å². The summed E-state index contributed by atoms with van der Waals surface area (Å²) in [6.45, 7) is 0. The first kappa shape index (κ1) is 21.5. The van der Waals surface area contributed by atoms with Gasteiger partial charge in [0, 0.05) is 29.4 Å². The first-order valence-corrected chi connectivity index (χ1v) is 9.18. The van der Waals surface area contributed by atoms with Gasteiger partial charge in [-0.25, -0.2) is 0 Å². The maximum absolute atomic E-state index is 12.2. The molecule has 0 unspecified atom stereocenters. The SMILES string of the molecule is COc1cc(NC(=S)NC(=O)c2ccc([N+](=O)[O-])cc2)ccc1NC(=O)c1ccco1. The number of nitrogens with one attached hydrogen (secondary N) is 3. The molecule has 0 saturated carbocycles. The molecule has 10 nitrogen and oxygen atoms in total. The monoisotopic (exact) mass is 440 g/mol. The van der Waals surface area contributed by atoms with Crippen LogP contribution in [0.25, 0.3) is 0 Å². The van der Waals surface area contributed by atoms with Gasteiger partial charge in [-0.05, 0) is 48.6 Å². The molecule has 0 bridgehead atoms. The fraction of sp³-hybridized carbons (Fsp3) is 0.0500. The summed E-state index contributed by atoms with van der Waals surface area (Å²) in [5.41, 5.74) is 1.00. The number of rotatable bonds is 6. The number of hydrogen-bond donors (Lipinski definition) is 3. The molecule has 0 saturated heterocycles. The third-order valence-electron chi connectivity index (χ3n) is 4.02. The van der Waals surface area contributed by atoms with E-state index in [1.54, 1.807) is 24.3 Å². The molecule has 0 atom stereocenters. The summed E-state index contributed by atoms with van der Waals surface area (Å²) < 4.78 is 10.3. The largest absolute Gasteiger partial charge is 0.494 e. The van der Waals surface area contributed by atoms with E-state index in [0.29, 0.717) is 17.1 Å². The smallest absolute Gasteiger partial charge is 0.291 e. The summed E-state index contributed by atoms with van der Waals surface area (Å²) in [5.74, 6) is -0.453. The minimum atomic E-state index is -0.554. The van der Waals surface area contributed by atoms with E-state index < -0.39 is 16.7 Å². The van der Waals surface area contributed by atoms with Crippen LogP contribution in [0.5, 0.6) is 5.75 Å². The van der Waals surface area contributed by atoms with Gasteiger partial charge < -0.3 is 19.8 Å². The highest BCUT2D eigenvalue weighted by molar-refractivity contribution is 7.80. The number of furan rings is 1. The average Bonchev–Trinajstić information content (AvgIpc) is 3.29. The summed E-state index contributed by atoms with van der Waals surface area (Å²) in [4.78, 5) is 34.5. The van der Waals surface area contributed by atoms with Gasteiger partial charge in [-0.15, -0.1) is 0 Å². The summed E-state index contributed by atoms with van der Waals surface area (Å²) in [5, 5.41) is 18.7. The molecule has 3 N–H and O–H groups in total. The molecule has 2 aromatic carbocycles. The highest BCUT2D eigenvalue weighted by Gasteiger charge is 2.14. The van der Waals surface area contributed by atoms with Gasteiger partial charge in [0.1, 0.15) is 5.75 Å². The molecule has 3 rings (SSSR count). The standard InChI is InChI=1S/C20H16N4O6S/c1-29-17-11-13(6-9-15(17)22-19(26)16-3-2-10-30-16)21-20(31)23-18(25)12-4-7-14(8-5-12)24(27)28/h2-11H,1H3,(H,22,26)(H2,21,23,25,31). The third-order valence-corrected chi connectivity index (χ3v) is 4.22. The van der Waals surface area contributed by atoms with Crippen LogP contribution in [0.1, 0.15) is 20.9 Å². The summed E-state index contributed by atoms with van der Waals surface area (Å²) in [7, 11) is 1.44. The molecular weight excluding hydrogens is 424 g/mol. The van der Waals surface area contributed by atoms with Gasteiger partial charge >= 0.3 is 0 Å². The number of carbonyl (C=O) groups excluding carboxylic acids is 2. The lowest BCUT2D eigenvalue weighted by molar-refractivity contribution is -0.384. The van der Waals surface area contributed by atoms with Gasteiger partial charge in [-0.2, -0.15) is 0 Å². The number of amides is 2. The molecule has 3 aromatic rings. The fourth-order valence-electron chi connectivity index (χ4n) is 2.54. The number of anilines is 2. The number of nitro groups is 1. The molecule has 158 valence electrons. The Bertz CT molecular complexity index is 1130. The number of methoxy groups -OCH3 is 1. The third kappa shape index (κ3) is 5.42. The maximum atomic E-state index is 12.2. The Labute approximate surface area is 181 Å². The Morgan fingerprint density at radius 2 is 1.81 bits per heavy atom. The molecule has 1 aromatic heterocycles. The zero-order chi connectivity index (χ0) is 22.4. The van der Waals surface area contributed by atoms with Crippen molar-refractivity contribution in [3.05, 3.63) is 82.3 Å². The van der Waals surface area contributed by atoms with Crippen LogP contribution in [-0.2, 0) is 0 Å². The lowest BCUT2D eigenvalue weighted by Crippen LogP contribution is -2.34. The first-order valence-electron chi connectivity index (χ1n) is 8.77. The normalized spacial score (nSPS) is 10.1. The number of carbonyl (C=O) groups is 2. The fourth-order valence-corrected chi connectivity index (χ4v) is 2.75. The molecule has 31 heavy (non-hydrogen) atoms. The average molecular weight is 440 g/mol. The van der Waals surface area contributed by atoms with Gasteiger partial charge in [0.05, 0.1) is 24.0 Å². The molecule has 2 amide bonds. The second-order valence-electron chi connectivity index (χ2n) is 6.06. The van der Waals surface area contributed by atoms with Crippen molar-refractivity contribution < 1.29 is 23.7 Å². The quantitative estimate of drug-likeness (QED) is 0.301. The van der Waals surface area contributed by atoms with Crippen molar-refractivity contribution in [2.75, 3.05) is 17.7 Å². The molecule has 0 aliphatic rings. The highest BCUT2D eigenvalue weighted by atomic mass is 32.1. The number of ether oxygens (including phenoxy) is 1. The molecular formula is C20H16N4O6S. The summed E-state index contributed by atoms with van der Waals surface area (Å²) in [6, 6.07) is 13.1. The van der Waals surface area contributed by atoms with Crippen molar-refractivity contribution in [3.63, 3.8) is 0 Å². The highest BCUT2D eigenvalue weighted by Crippen LogP contribution is 2.28. The predicted octanol–water partition coefficient (Wildman–Crippen LogP) is 3.58. The molecule has 0 spiro atoms. The van der Waals surface area contributed by atoms with Crippen LogP contribution in [0.4, 0.5) is 17.1 Å². The van der Waals surface area contributed by atoms with E-state index in [1.165, 1.54) is 43.7 Å². The van der Waals surface area contributed by atoms with E-state index in [4.69, 9.17) is 21.4 Å². The zero-order valence-corrected chi connectivity index (χ0v) is 16.9. The van der Waals surface area contributed by atoms with Crippen molar-refractivity contribution in [3.8, 4) is 5.75 Å². The van der Waals surface area contributed by atoms with E-state index in [1.807, 2.05) is 0 Å². The van der Waals surface area contributed by atoms with E-state index >= 15 is 0 Å². The minimum absolute atomic E-state index is 0.0118. The number of nitro benzene ring substituents is 1. The topological polar surface area (TPSA) is 136 Å². The molecule has 0 fully saturated rings. The molecule has 1 heterocycles. The number of hydrogen-bond acceptors (Lipinski definition) is 7. The number of benzene rings is 2. The molecule has 0 aliphatic carbocycles. The Balaban J connectivity index is 1.63.